The minimum Gasteiger partial charge on any atom is -0.439 e. The average Bonchev–Trinajstić information content (AvgIpc) is 3.26. The topological polar surface area (TPSA) is 116 Å². The van der Waals surface area contributed by atoms with E-state index in [1.165, 1.54) is 18.5 Å². The molecule has 1 N–H and O–H groups in total. The van der Waals surface area contributed by atoms with Gasteiger partial charge in [0.1, 0.15) is 23.7 Å². The van der Waals surface area contributed by atoms with Crippen molar-refractivity contribution in [1.29, 1.82) is 0 Å². The molecule has 0 atom stereocenters. The maximum absolute atomic E-state index is 12.4. The minimum absolute atomic E-state index is 0.123. The number of sulfone groups is 1. The number of nitrogens with zero attached hydrogens (tertiary/aromatic N) is 4. The Morgan fingerprint density at radius 3 is 2.37 bits per heavy atom. The first kappa shape index (κ1) is 24.1. The lowest BCUT2D eigenvalue weighted by Gasteiger charge is -2.10. The van der Waals surface area contributed by atoms with Crippen molar-refractivity contribution >= 4 is 21.4 Å². The van der Waals surface area contributed by atoms with E-state index in [9.17, 15) is 13.2 Å². The minimum atomic E-state index is -3.34. The van der Waals surface area contributed by atoms with Gasteiger partial charge in [0.05, 0.1) is 16.6 Å². The van der Waals surface area contributed by atoms with E-state index in [2.05, 4.69) is 20.3 Å². The Balaban J connectivity index is 1.36. The molecule has 35 heavy (non-hydrogen) atoms. The van der Waals surface area contributed by atoms with E-state index in [-0.39, 0.29) is 17.2 Å². The van der Waals surface area contributed by atoms with Crippen LogP contribution in [0.25, 0.3) is 5.82 Å². The second kappa shape index (κ2) is 10.1. The van der Waals surface area contributed by atoms with E-state index in [1.54, 1.807) is 68.7 Å². The maximum Gasteiger partial charge on any atom is 0.228 e. The predicted molar refractivity (Wildman–Crippen MR) is 132 cm³/mol. The molecule has 0 bridgehead atoms. The van der Waals surface area contributed by atoms with Gasteiger partial charge in [-0.2, -0.15) is 0 Å². The van der Waals surface area contributed by atoms with Crippen LogP contribution in [0.5, 0.6) is 11.6 Å². The van der Waals surface area contributed by atoms with Crippen LogP contribution < -0.4 is 10.1 Å². The molecule has 9 nitrogen and oxygen atoms in total. The standard InChI is InChI=1S/C25H25N5O4S/c1-17(2)35(32,33)22-10-4-19(5-11-22)14-24(31)29-20-6-8-21(9-7-20)34-25-15-23(27-16-28-25)30-13-12-26-18(30)3/h4-13,15-17H,14H2,1-3H3,(H,29,31). The fraction of sp³-hybridized carbons (Fsp3) is 0.200. The highest BCUT2D eigenvalue weighted by molar-refractivity contribution is 7.92. The van der Waals surface area contributed by atoms with Crippen LogP contribution in [-0.4, -0.2) is 39.1 Å². The number of rotatable bonds is 8. The molecule has 0 aliphatic rings. The molecule has 2 heterocycles. The molecule has 0 aliphatic carbocycles. The summed E-state index contributed by atoms with van der Waals surface area (Å²) in [6.45, 7) is 5.16. The molecule has 0 fully saturated rings. The molecule has 0 saturated heterocycles. The van der Waals surface area contributed by atoms with Gasteiger partial charge < -0.3 is 10.1 Å². The number of aromatic nitrogens is 4. The summed E-state index contributed by atoms with van der Waals surface area (Å²) in [6.07, 6.45) is 5.04. The zero-order chi connectivity index (χ0) is 25.0. The number of carbonyl (C=O) groups excluding carboxylic acids is 1. The van der Waals surface area contributed by atoms with Gasteiger partial charge in [0.2, 0.25) is 11.8 Å². The molecule has 0 saturated carbocycles. The van der Waals surface area contributed by atoms with Crippen molar-refractivity contribution in [2.45, 2.75) is 37.3 Å². The number of anilines is 1. The number of amides is 1. The molecule has 180 valence electrons. The number of ether oxygens (including phenoxy) is 1. The lowest BCUT2D eigenvalue weighted by Crippen LogP contribution is -2.15. The molecule has 2 aromatic carbocycles. The fourth-order valence-corrected chi connectivity index (χ4v) is 4.38. The van der Waals surface area contributed by atoms with E-state index >= 15 is 0 Å². The lowest BCUT2D eigenvalue weighted by atomic mass is 10.1. The molecular weight excluding hydrogens is 466 g/mol. The second-order valence-corrected chi connectivity index (χ2v) is 10.7. The SMILES string of the molecule is Cc1nccn1-c1cc(Oc2ccc(NC(=O)Cc3ccc(S(=O)(=O)C(C)C)cc3)cc2)ncn1. The van der Waals surface area contributed by atoms with Crippen molar-refractivity contribution in [3.8, 4) is 17.4 Å². The first-order chi connectivity index (χ1) is 16.7. The van der Waals surface area contributed by atoms with Crippen molar-refractivity contribution in [3.63, 3.8) is 0 Å². The molecule has 0 unspecified atom stereocenters. The fourth-order valence-electron chi connectivity index (χ4n) is 3.32. The van der Waals surface area contributed by atoms with Gasteiger partial charge in [0, 0.05) is 24.1 Å². The van der Waals surface area contributed by atoms with E-state index in [0.29, 0.717) is 23.1 Å². The molecule has 4 aromatic rings. The third kappa shape index (κ3) is 5.72. The summed E-state index contributed by atoms with van der Waals surface area (Å²) in [7, 11) is -3.34. The second-order valence-electron chi connectivity index (χ2n) is 8.15. The first-order valence-corrected chi connectivity index (χ1v) is 12.5. The van der Waals surface area contributed by atoms with Gasteiger partial charge >= 0.3 is 0 Å². The highest BCUT2D eigenvalue weighted by atomic mass is 32.2. The predicted octanol–water partition coefficient (Wildman–Crippen LogP) is 4.13. The molecule has 0 radical (unpaired) electrons. The smallest absolute Gasteiger partial charge is 0.228 e. The number of hydrogen-bond donors (Lipinski definition) is 1. The highest BCUT2D eigenvalue weighted by Crippen LogP contribution is 2.23. The monoisotopic (exact) mass is 491 g/mol. The van der Waals surface area contributed by atoms with Gasteiger partial charge in [-0.05, 0) is 62.7 Å². The van der Waals surface area contributed by atoms with Crippen molar-refractivity contribution < 1.29 is 17.9 Å². The quantitative estimate of drug-likeness (QED) is 0.394. The number of carbonyl (C=O) groups is 1. The third-order valence-electron chi connectivity index (χ3n) is 5.30. The molecular formula is C25H25N5O4S. The Morgan fingerprint density at radius 1 is 1.03 bits per heavy atom. The molecule has 4 rings (SSSR count). The Bertz CT molecular complexity index is 1430. The van der Waals surface area contributed by atoms with E-state index in [0.717, 1.165) is 11.4 Å². The summed E-state index contributed by atoms with van der Waals surface area (Å²) < 4.78 is 32.1. The van der Waals surface area contributed by atoms with Crippen LogP contribution in [0, 0.1) is 6.92 Å². The normalized spacial score (nSPS) is 11.4. The van der Waals surface area contributed by atoms with E-state index in [1.807, 2.05) is 11.5 Å². The van der Waals surface area contributed by atoms with E-state index < -0.39 is 15.1 Å². The van der Waals surface area contributed by atoms with Crippen LogP contribution in [0.3, 0.4) is 0 Å². The number of nitrogens with one attached hydrogen (secondary N) is 1. The Kier molecular flexibility index (Phi) is 6.92. The van der Waals surface area contributed by atoms with Crippen LogP contribution in [0.4, 0.5) is 5.69 Å². The van der Waals surface area contributed by atoms with Crippen molar-refractivity contribution in [3.05, 3.63) is 84.7 Å². The molecule has 2 aromatic heterocycles. The summed E-state index contributed by atoms with van der Waals surface area (Å²) in [4.78, 5) is 25.3. The molecule has 10 heteroatoms. The summed E-state index contributed by atoms with van der Waals surface area (Å²) >= 11 is 0. The van der Waals surface area contributed by atoms with Gasteiger partial charge in [0.25, 0.3) is 0 Å². The van der Waals surface area contributed by atoms with Crippen molar-refractivity contribution in [1.82, 2.24) is 19.5 Å². The van der Waals surface area contributed by atoms with Crippen molar-refractivity contribution in [2.75, 3.05) is 5.32 Å². The third-order valence-corrected chi connectivity index (χ3v) is 7.47. The van der Waals surface area contributed by atoms with Crippen LogP contribution in [-0.2, 0) is 21.1 Å². The highest BCUT2D eigenvalue weighted by Gasteiger charge is 2.19. The molecule has 0 aliphatic heterocycles. The number of aryl methyl sites for hydroxylation is 1. The largest absolute Gasteiger partial charge is 0.439 e. The van der Waals surface area contributed by atoms with Crippen LogP contribution >= 0.6 is 0 Å². The Labute approximate surface area is 203 Å². The Morgan fingerprint density at radius 2 is 1.74 bits per heavy atom. The van der Waals surface area contributed by atoms with Gasteiger partial charge in [0.15, 0.2) is 9.84 Å². The number of hydrogen-bond acceptors (Lipinski definition) is 7. The first-order valence-electron chi connectivity index (χ1n) is 11.0. The summed E-state index contributed by atoms with van der Waals surface area (Å²) in [6, 6.07) is 15.0. The molecule has 0 spiro atoms. The van der Waals surface area contributed by atoms with Crippen LogP contribution in [0.2, 0.25) is 0 Å². The maximum atomic E-state index is 12.4. The zero-order valence-electron chi connectivity index (χ0n) is 19.5. The summed E-state index contributed by atoms with van der Waals surface area (Å²) in [5, 5.41) is 2.33. The Hall–Kier alpha value is -4.05. The lowest BCUT2D eigenvalue weighted by molar-refractivity contribution is -0.115. The van der Waals surface area contributed by atoms with Gasteiger partial charge in [-0.1, -0.05) is 12.1 Å². The molecule has 1 amide bonds. The van der Waals surface area contributed by atoms with Gasteiger partial charge in [-0.3, -0.25) is 9.36 Å². The number of benzene rings is 2. The summed E-state index contributed by atoms with van der Waals surface area (Å²) in [5.41, 5.74) is 1.33. The number of imidazole rings is 1. The van der Waals surface area contributed by atoms with Crippen LogP contribution in [0.1, 0.15) is 25.2 Å². The van der Waals surface area contributed by atoms with Crippen molar-refractivity contribution in [2.24, 2.45) is 0 Å². The summed E-state index contributed by atoms with van der Waals surface area (Å²) in [5.74, 6) is 2.16. The van der Waals surface area contributed by atoms with Crippen LogP contribution in [0.15, 0.2) is 78.2 Å². The zero-order valence-corrected chi connectivity index (χ0v) is 20.4. The van der Waals surface area contributed by atoms with Gasteiger partial charge in [-0.15, -0.1) is 0 Å². The van der Waals surface area contributed by atoms with E-state index in [4.69, 9.17) is 4.74 Å². The average molecular weight is 492 g/mol. The van der Waals surface area contributed by atoms with Gasteiger partial charge in [-0.25, -0.2) is 23.4 Å².